The van der Waals surface area contributed by atoms with Crippen LogP contribution in [0.5, 0.6) is 5.75 Å². The molecule has 0 radical (unpaired) electrons. The van der Waals surface area contributed by atoms with Crippen molar-refractivity contribution in [3.63, 3.8) is 0 Å². The van der Waals surface area contributed by atoms with Gasteiger partial charge in [-0.25, -0.2) is 0 Å². The maximum atomic E-state index is 5.27. The first kappa shape index (κ1) is 13.4. The fourth-order valence-electron chi connectivity index (χ4n) is 1.71. The van der Waals surface area contributed by atoms with Crippen LogP contribution < -0.4 is 10.1 Å². The van der Waals surface area contributed by atoms with Crippen molar-refractivity contribution in [2.24, 2.45) is 0 Å². The molecule has 0 saturated heterocycles. The summed E-state index contributed by atoms with van der Waals surface area (Å²) in [6.45, 7) is 2.85. The highest BCUT2D eigenvalue weighted by Crippen LogP contribution is 2.12. The number of nitrogens with one attached hydrogen (secondary N) is 1. The predicted molar refractivity (Wildman–Crippen MR) is 77.0 cm³/mol. The Kier molecular flexibility index (Phi) is 4.81. The fraction of sp³-hybridized carbons (Fsp3) is 0.250. The predicted octanol–water partition coefficient (Wildman–Crippen LogP) is 3.48. The molecule has 3 nitrogen and oxygen atoms in total. The number of hydrogen-bond donors (Lipinski definition) is 1. The van der Waals surface area contributed by atoms with Crippen molar-refractivity contribution < 1.29 is 9.15 Å². The van der Waals surface area contributed by atoms with E-state index in [1.807, 2.05) is 36.4 Å². The van der Waals surface area contributed by atoms with E-state index in [1.165, 1.54) is 0 Å². The maximum absolute atomic E-state index is 5.27. The lowest BCUT2D eigenvalue weighted by Crippen LogP contribution is -2.22. The summed E-state index contributed by atoms with van der Waals surface area (Å²) in [5.74, 6) is 1.82. The molecular formula is C16H19NO2. The van der Waals surface area contributed by atoms with Crippen LogP contribution in [0.4, 0.5) is 0 Å². The summed E-state index contributed by atoms with van der Waals surface area (Å²) < 4.78 is 10.4. The van der Waals surface area contributed by atoms with Crippen LogP contribution in [0, 0.1) is 0 Å². The third-order valence-corrected chi connectivity index (χ3v) is 2.87. The van der Waals surface area contributed by atoms with Crippen molar-refractivity contribution in [1.29, 1.82) is 0 Å². The summed E-state index contributed by atoms with van der Waals surface area (Å²) in [6.07, 6.45) is 5.92. The first-order chi connectivity index (χ1) is 9.28. The molecule has 100 valence electrons. The van der Waals surface area contributed by atoms with Gasteiger partial charge in [0.15, 0.2) is 0 Å². The lowest BCUT2D eigenvalue weighted by Gasteiger charge is -2.07. The van der Waals surface area contributed by atoms with Crippen LogP contribution in [0.3, 0.4) is 0 Å². The summed E-state index contributed by atoms with van der Waals surface area (Å²) in [6, 6.07) is 12.1. The van der Waals surface area contributed by atoms with Crippen molar-refractivity contribution in [1.82, 2.24) is 5.32 Å². The van der Waals surface area contributed by atoms with Gasteiger partial charge in [0, 0.05) is 6.04 Å². The standard InChI is InChI=1S/C16H19NO2/c1-13(17-12-16-4-3-11-19-16)5-6-14-7-9-15(18-2)10-8-14/h3-11,13,17H,12H2,1-2H3/b6-5+. The van der Waals surface area contributed by atoms with Crippen molar-refractivity contribution in [3.05, 3.63) is 60.1 Å². The monoisotopic (exact) mass is 257 g/mol. The van der Waals surface area contributed by atoms with E-state index in [-0.39, 0.29) is 6.04 Å². The van der Waals surface area contributed by atoms with Crippen LogP contribution in [0.2, 0.25) is 0 Å². The average Bonchev–Trinajstić information content (AvgIpc) is 2.96. The molecule has 1 unspecified atom stereocenters. The summed E-state index contributed by atoms with van der Waals surface area (Å²) in [5.41, 5.74) is 1.16. The van der Waals surface area contributed by atoms with Crippen LogP contribution in [0.25, 0.3) is 6.08 Å². The van der Waals surface area contributed by atoms with Gasteiger partial charge in [-0.15, -0.1) is 0 Å². The molecule has 0 fully saturated rings. The fourth-order valence-corrected chi connectivity index (χ4v) is 1.71. The molecule has 0 aliphatic heterocycles. The Bertz CT molecular complexity index is 500. The average molecular weight is 257 g/mol. The molecule has 1 heterocycles. The molecule has 0 bridgehead atoms. The van der Waals surface area contributed by atoms with Crippen LogP contribution in [-0.4, -0.2) is 13.2 Å². The zero-order valence-corrected chi connectivity index (χ0v) is 11.3. The van der Waals surface area contributed by atoms with Gasteiger partial charge in [0.2, 0.25) is 0 Å². The SMILES string of the molecule is COc1ccc(/C=C/C(C)NCc2ccco2)cc1. The minimum absolute atomic E-state index is 0.284. The van der Waals surface area contributed by atoms with E-state index in [1.54, 1.807) is 13.4 Å². The number of methoxy groups -OCH3 is 1. The number of benzene rings is 1. The molecule has 0 spiro atoms. The summed E-state index contributed by atoms with van der Waals surface area (Å²) >= 11 is 0. The number of furan rings is 1. The van der Waals surface area contributed by atoms with E-state index in [0.29, 0.717) is 0 Å². The topological polar surface area (TPSA) is 34.4 Å². The van der Waals surface area contributed by atoms with E-state index < -0.39 is 0 Å². The second kappa shape index (κ2) is 6.81. The van der Waals surface area contributed by atoms with Gasteiger partial charge in [0.25, 0.3) is 0 Å². The van der Waals surface area contributed by atoms with Gasteiger partial charge < -0.3 is 14.5 Å². The van der Waals surface area contributed by atoms with Gasteiger partial charge in [0.05, 0.1) is 19.9 Å². The molecule has 1 N–H and O–H groups in total. The first-order valence-electron chi connectivity index (χ1n) is 6.36. The van der Waals surface area contributed by atoms with Gasteiger partial charge in [-0.1, -0.05) is 24.3 Å². The molecule has 0 saturated carbocycles. The van der Waals surface area contributed by atoms with Crippen LogP contribution >= 0.6 is 0 Å². The van der Waals surface area contributed by atoms with Crippen molar-refractivity contribution in [3.8, 4) is 5.75 Å². The molecule has 0 aliphatic carbocycles. The Morgan fingerprint density at radius 2 is 2.05 bits per heavy atom. The molecule has 1 aromatic heterocycles. The Morgan fingerprint density at radius 3 is 2.68 bits per heavy atom. The zero-order valence-electron chi connectivity index (χ0n) is 11.3. The molecule has 2 rings (SSSR count). The highest BCUT2D eigenvalue weighted by molar-refractivity contribution is 5.51. The summed E-state index contributed by atoms with van der Waals surface area (Å²) in [4.78, 5) is 0. The van der Waals surface area contributed by atoms with Crippen LogP contribution in [-0.2, 0) is 6.54 Å². The largest absolute Gasteiger partial charge is 0.497 e. The van der Waals surface area contributed by atoms with Crippen LogP contribution in [0.1, 0.15) is 18.2 Å². The van der Waals surface area contributed by atoms with E-state index in [0.717, 1.165) is 23.6 Å². The van der Waals surface area contributed by atoms with Crippen molar-refractivity contribution in [2.45, 2.75) is 19.5 Å². The van der Waals surface area contributed by atoms with Crippen molar-refractivity contribution >= 4 is 6.08 Å². The van der Waals surface area contributed by atoms with Gasteiger partial charge in [0.1, 0.15) is 11.5 Å². The minimum Gasteiger partial charge on any atom is -0.497 e. The molecule has 0 amide bonds. The Hall–Kier alpha value is -2.00. The summed E-state index contributed by atoms with van der Waals surface area (Å²) in [7, 11) is 1.67. The van der Waals surface area contributed by atoms with Crippen molar-refractivity contribution in [2.75, 3.05) is 7.11 Å². The first-order valence-corrected chi connectivity index (χ1v) is 6.36. The Morgan fingerprint density at radius 1 is 1.26 bits per heavy atom. The Balaban J connectivity index is 1.83. The molecule has 2 aromatic rings. The van der Waals surface area contributed by atoms with E-state index in [2.05, 4.69) is 24.4 Å². The molecule has 3 heteroatoms. The third-order valence-electron chi connectivity index (χ3n) is 2.87. The smallest absolute Gasteiger partial charge is 0.118 e. The van der Waals surface area contributed by atoms with Crippen LogP contribution in [0.15, 0.2) is 53.2 Å². The molecule has 19 heavy (non-hydrogen) atoms. The van der Waals surface area contributed by atoms with Gasteiger partial charge in [-0.3, -0.25) is 0 Å². The Labute approximate surface area is 113 Å². The molecular weight excluding hydrogens is 238 g/mol. The van der Waals surface area contributed by atoms with Gasteiger partial charge in [-0.2, -0.15) is 0 Å². The van der Waals surface area contributed by atoms with E-state index in [4.69, 9.17) is 9.15 Å². The highest BCUT2D eigenvalue weighted by atomic mass is 16.5. The second-order valence-electron chi connectivity index (χ2n) is 4.38. The zero-order chi connectivity index (χ0) is 13.5. The highest BCUT2D eigenvalue weighted by Gasteiger charge is 1.99. The van der Waals surface area contributed by atoms with E-state index >= 15 is 0 Å². The summed E-state index contributed by atoms with van der Waals surface area (Å²) in [5, 5.41) is 3.37. The molecule has 1 aromatic carbocycles. The lowest BCUT2D eigenvalue weighted by molar-refractivity contribution is 0.415. The second-order valence-corrected chi connectivity index (χ2v) is 4.38. The van der Waals surface area contributed by atoms with Gasteiger partial charge in [-0.05, 0) is 36.8 Å². The van der Waals surface area contributed by atoms with Gasteiger partial charge >= 0.3 is 0 Å². The lowest BCUT2D eigenvalue weighted by atomic mass is 10.1. The van der Waals surface area contributed by atoms with E-state index in [9.17, 15) is 0 Å². The number of rotatable bonds is 6. The normalized spacial score (nSPS) is 12.7. The molecule has 0 aliphatic rings. The molecule has 1 atom stereocenters. The number of hydrogen-bond acceptors (Lipinski definition) is 3. The maximum Gasteiger partial charge on any atom is 0.118 e. The number of ether oxygens (including phenoxy) is 1. The quantitative estimate of drug-likeness (QED) is 0.860. The third kappa shape index (κ3) is 4.30. The minimum atomic E-state index is 0.284.